The number of rotatable bonds is 21. The highest BCUT2D eigenvalue weighted by Crippen LogP contribution is 2.23. The molecule has 7 nitrogen and oxygen atoms in total. The van der Waals surface area contributed by atoms with Gasteiger partial charge < -0.3 is 28.6 Å². The lowest BCUT2D eigenvalue weighted by Gasteiger charge is -2.23. The van der Waals surface area contributed by atoms with E-state index in [0.29, 0.717) is 71.3 Å². The summed E-state index contributed by atoms with van der Waals surface area (Å²) in [5, 5.41) is 0. The molecule has 192 valence electrons. The summed E-state index contributed by atoms with van der Waals surface area (Å²) in [6.07, 6.45) is 3.64. The Kier molecular flexibility index (Phi) is 18.2. The van der Waals surface area contributed by atoms with Crippen molar-refractivity contribution in [1.29, 1.82) is 0 Å². The topological polar surface area (TPSA) is 66.5 Å². The summed E-state index contributed by atoms with van der Waals surface area (Å²) in [4.78, 5) is 13.8. The molecule has 0 saturated carbocycles. The molecule has 0 aliphatic carbocycles. The highest BCUT2D eigenvalue weighted by molar-refractivity contribution is 5.75. The van der Waals surface area contributed by atoms with Crippen LogP contribution in [0.5, 0.6) is 0 Å². The molecular weight excluding hydrogens is 410 g/mol. The number of carbonyl (C=O) groups is 1. The van der Waals surface area contributed by atoms with Crippen molar-refractivity contribution < 1.29 is 28.5 Å². The molecule has 0 atom stereocenters. The Morgan fingerprint density at radius 2 is 1.06 bits per heavy atom. The molecule has 0 bridgehead atoms. The van der Waals surface area contributed by atoms with Gasteiger partial charge in [0.15, 0.2) is 0 Å². The molecule has 0 radical (unpaired) electrons. The van der Waals surface area contributed by atoms with Gasteiger partial charge in [0.05, 0.1) is 65.9 Å². The standard InChI is InChI=1S/C25H51NO6/c1-8-25(5,6)11-14-29-16-18-31-20-22-32-21-19-30-17-15-28-13-9-23(27)26(7)12-10-24(2,3)4/h8-22H2,1-7H3. The van der Waals surface area contributed by atoms with Gasteiger partial charge in [0, 0.05) is 20.2 Å². The van der Waals surface area contributed by atoms with E-state index in [1.807, 2.05) is 7.05 Å². The number of hydrogen-bond donors (Lipinski definition) is 0. The van der Waals surface area contributed by atoms with Crippen molar-refractivity contribution in [2.24, 2.45) is 10.8 Å². The summed E-state index contributed by atoms with van der Waals surface area (Å²) in [7, 11) is 1.85. The molecule has 0 aromatic heterocycles. The van der Waals surface area contributed by atoms with Crippen LogP contribution < -0.4 is 0 Å². The van der Waals surface area contributed by atoms with Crippen molar-refractivity contribution >= 4 is 5.91 Å². The summed E-state index contributed by atoms with van der Waals surface area (Å²) in [6.45, 7) is 19.6. The van der Waals surface area contributed by atoms with Crippen LogP contribution in [-0.4, -0.2) is 90.5 Å². The molecule has 0 rings (SSSR count). The van der Waals surface area contributed by atoms with Gasteiger partial charge in [-0.3, -0.25) is 4.79 Å². The lowest BCUT2D eigenvalue weighted by molar-refractivity contribution is -0.131. The van der Waals surface area contributed by atoms with Crippen LogP contribution in [0.25, 0.3) is 0 Å². The van der Waals surface area contributed by atoms with Crippen molar-refractivity contribution in [2.75, 3.05) is 79.7 Å². The number of ether oxygens (including phenoxy) is 5. The first-order valence-electron chi connectivity index (χ1n) is 12.2. The van der Waals surface area contributed by atoms with E-state index in [2.05, 4.69) is 41.5 Å². The van der Waals surface area contributed by atoms with E-state index in [1.165, 1.54) is 0 Å². The SMILES string of the molecule is CCC(C)(C)CCOCCOCCOCCOCCOCCC(=O)N(C)CCC(C)(C)C. The smallest absolute Gasteiger partial charge is 0.224 e. The van der Waals surface area contributed by atoms with E-state index in [-0.39, 0.29) is 11.3 Å². The molecule has 1 amide bonds. The number of hydrogen-bond acceptors (Lipinski definition) is 6. The molecule has 0 N–H and O–H groups in total. The highest BCUT2D eigenvalue weighted by Gasteiger charge is 2.15. The van der Waals surface area contributed by atoms with Crippen molar-refractivity contribution in [3.63, 3.8) is 0 Å². The minimum Gasteiger partial charge on any atom is -0.379 e. The first-order valence-corrected chi connectivity index (χ1v) is 12.2. The van der Waals surface area contributed by atoms with Gasteiger partial charge in [-0.15, -0.1) is 0 Å². The Morgan fingerprint density at radius 3 is 1.47 bits per heavy atom. The lowest BCUT2D eigenvalue weighted by Crippen LogP contribution is -2.30. The zero-order valence-electron chi connectivity index (χ0n) is 22.0. The molecular formula is C25H51NO6. The van der Waals surface area contributed by atoms with Gasteiger partial charge in [0.1, 0.15) is 0 Å². The van der Waals surface area contributed by atoms with E-state index >= 15 is 0 Å². The van der Waals surface area contributed by atoms with Crippen molar-refractivity contribution in [3.8, 4) is 0 Å². The second-order valence-electron chi connectivity index (χ2n) is 10.2. The molecule has 7 heteroatoms. The predicted octanol–water partition coefficient (Wildman–Crippen LogP) is 4.18. The monoisotopic (exact) mass is 461 g/mol. The number of carbonyl (C=O) groups excluding carboxylic acids is 1. The first-order chi connectivity index (χ1) is 15.1. The van der Waals surface area contributed by atoms with Crippen LogP contribution in [0.3, 0.4) is 0 Å². The van der Waals surface area contributed by atoms with E-state index in [0.717, 1.165) is 32.4 Å². The number of amides is 1. The zero-order valence-corrected chi connectivity index (χ0v) is 22.0. The van der Waals surface area contributed by atoms with Gasteiger partial charge in [-0.25, -0.2) is 0 Å². The van der Waals surface area contributed by atoms with E-state index in [1.54, 1.807) is 4.90 Å². The maximum absolute atomic E-state index is 12.0. The maximum Gasteiger partial charge on any atom is 0.224 e. The van der Waals surface area contributed by atoms with Crippen molar-refractivity contribution in [3.05, 3.63) is 0 Å². The third-order valence-corrected chi connectivity index (χ3v) is 5.45. The van der Waals surface area contributed by atoms with Gasteiger partial charge in [-0.05, 0) is 23.7 Å². The van der Waals surface area contributed by atoms with Crippen molar-refractivity contribution in [2.45, 2.75) is 67.2 Å². The normalized spacial score (nSPS) is 12.3. The summed E-state index contributed by atoms with van der Waals surface area (Å²) >= 11 is 0. The fraction of sp³-hybridized carbons (Fsp3) is 0.960. The van der Waals surface area contributed by atoms with Crippen LogP contribution in [0.2, 0.25) is 0 Å². The highest BCUT2D eigenvalue weighted by atomic mass is 16.6. The fourth-order valence-electron chi connectivity index (χ4n) is 2.49. The summed E-state index contributed by atoms with van der Waals surface area (Å²) in [5.74, 6) is 0.123. The van der Waals surface area contributed by atoms with Crippen LogP contribution in [0.1, 0.15) is 67.2 Å². The Balaban J connectivity index is 3.31. The molecule has 0 aromatic rings. The molecule has 0 fully saturated rings. The molecule has 0 aliphatic rings. The van der Waals surface area contributed by atoms with Crippen LogP contribution >= 0.6 is 0 Å². The third-order valence-electron chi connectivity index (χ3n) is 5.45. The summed E-state index contributed by atoms with van der Waals surface area (Å²) < 4.78 is 27.5. The Bertz CT molecular complexity index is 450. The van der Waals surface area contributed by atoms with Crippen LogP contribution in [-0.2, 0) is 28.5 Å². The third kappa shape index (κ3) is 21.1. The second kappa shape index (κ2) is 18.7. The quantitative estimate of drug-likeness (QED) is 0.239. The minimum absolute atomic E-state index is 0.123. The van der Waals surface area contributed by atoms with E-state index < -0.39 is 0 Å². The Morgan fingerprint density at radius 1 is 0.656 bits per heavy atom. The molecule has 0 saturated heterocycles. The van der Waals surface area contributed by atoms with Gasteiger partial charge in [0.2, 0.25) is 5.91 Å². The fourth-order valence-corrected chi connectivity index (χ4v) is 2.49. The van der Waals surface area contributed by atoms with E-state index in [9.17, 15) is 4.79 Å². The molecule has 0 aliphatic heterocycles. The Labute approximate surface area is 197 Å². The second-order valence-corrected chi connectivity index (χ2v) is 10.2. The summed E-state index contributed by atoms with van der Waals surface area (Å²) in [6, 6.07) is 0. The van der Waals surface area contributed by atoms with Gasteiger partial charge >= 0.3 is 0 Å². The van der Waals surface area contributed by atoms with Gasteiger partial charge in [0.25, 0.3) is 0 Å². The Hall–Kier alpha value is -0.730. The first kappa shape index (κ1) is 31.3. The van der Waals surface area contributed by atoms with E-state index in [4.69, 9.17) is 23.7 Å². The predicted molar refractivity (Wildman–Crippen MR) is 129 cm³/mol. The molecule has 0 unspecified atom stereocenters. The maximum atomic E-state index is 12.0. The average Bonchev–Trinajstić information content (AvgIpc) is 2.73. The van der Waals surface area contributed by atoms with Crippen LogP contribution in [0.15, 0.2) is 0 Å². The molecule has 0 spiro atoms. The zero-order chi connectivity index (χ0) is 24.3. The number of nitrogens with zero attached hydrogens (tertiary/aromatic N) is 1. The van der Waals surface area contributed by atoms with Crippen molar-refractivity contribution in [1.82, 2.24) is 4.90 Å². The largest absolute Gasteiger partial charge is 0.379 e. The van der Waals surface area contributed by atoms with Gasteiger partial charge in [-0.1, -0.05) is 48.0 Å². The average molecular weight is 462 g/mol. The van der Waals surface area contributed by atoms with Gasteiger partial charge in [-0.2, -0.15) is 0 Å². The van der Waals surface area contributed by atoms with Crippen LogP contribution in [0, 0.1) is 10.8 Å². The lowest BCUT2D eigenvalue weighted by atomic mass is 9.87. The molecule has 32 heavy (non-hydrogen) atoms. The molecule has 0 heterocycles. The minimum atomic E-state index is 0.123. The molecule has 0 aromatic carbocycles. The summed E-state index contributed by atoms with van der Waals surface area (Å²) in [5.41, 5.74) is 0.587. The van der Waals surface area contributed by atoms with Crippen LogP contribution in [0.4, 0.5) is 0 Å².